The molecule has 0 saturated carbocycles. The van der Waals surface area contributed by atoms with E-state index in [-0.39, 0.29) is 0 Å². The smallest absolute Gasteiger partial charge is 0.118 e. The van der Waals surface area contributed by atoms with Gasteiger partial charge < -0.3 is 4.74 Å². The van der Waals surface area contributed by atoms with Crippen LogP contribution in [0.5, 0.6) is 5.75 Å². The first-order valence-electron chi connectivity index (χ1n) is 5.54. The number of aryl methyl sites for hydroxylation is 1. The van der Waals surface area contributed by atoms with Gasteiger partial charge in [0.25, 0.3) is 0 Å². The normalized spacial score (nSPS) is 10.3. The van der Waals surface area contributed by atoms with E-state index in [1.54, 1.807) is 7.11 Å². The van der Waals surface area contributed by atoms with Gasteiger partial charge in [0.1, 0.15) is 5.75 Å². The molecule has 0 spiro atoms. The van der Waals surface area contributed by atoms with Crippen LogP contribution < -0.4 is 4.74 Å². The summed E-state index contributed by atoms with van der Waals surface area (Å²) in [7, 11) is 1.67. The number of rotatable bonds is 3. The van der Waals surface area contributed by atoms with E-state index in [0.717, 1.165) is 11.3 Å². The highest BCUT2D eigenvalue weighted by atomic mass is 35.5. The SMILES string of the molecule is COc1ccc(-c2cc(CCl)ccc2C)cc1. The van der Waals surface area contributed by atoms with Crippen LogP contribution in [0.25, 0.3) is 11.1 Å². The fourth-order valence-electron chi connectivity index (χ4n) is 1.83. The second-order valence-corrected chi connectivity index (χ2v) is 4.28. The van der Waals surface area contributed by atoms with E-state index in [1.165, 1.54) is 16.7 Å². The van der Waals surface area contributed by atoms with E-state index in [2.05, 4.69) is 37.3 Å². The number of benzene rings is 2. The Balaban J connectivity index is 2.43. The summed E-state index contributed by atoms with van der Waals surface area (Å²) < 4.78 is 5.16. The highest BCUT2D eigenvalue weighted by molar-refractivity contribution is 6.17. The average molecular weight is 247 g/mol. The van der Waals surface area contributed by atoms with E-state index in [9.17, 15) is 0 Å². The number of ether oxygens (including phenoxy) is 1. The van der Waals surface area contributed by atoms with Gasteiger partial charge in [0, 0.05) is 5.88 Å². The molecule has 0 radical (unpaired) electrons. The van der Waals surface area contributed by atoms with E-state index >= 15 is 0 Å². The first kappa shape index (κ1) is 12.0. The highest BCUT2D eigenvalue weighted by Crippen LogP contribution is 2.26. The second-order valence-electron chi connectivity index (χ2n) is 4.01. The molecule has 88 valence electrons. The molecule has 0 aliphatic carbocycles. The molecular weight excluding hydrogens is 232 g/mol. The molecule has 0 heterocycles. The predicted octanol–water partition coefficient (Wildman–Crippen LogP) is 4.41. The van der Waals surface area contributed by atoms with Crippen LogP contribution in [-0.4, -0.2) is 7.11 Å². The van der Waals surface area contributed by atoms with Gasteiger partial charge in [0.05, 0.1) is 7.11 Å². The van der Waals surface area contributed by atoms with Crippen molar-refractivity contribution >= 4 is 11.6 Å². The molecule has 0 aliphatic heterocycles. The molecule has 0 saturated heterocycles. The largest absolute Gasteiger partial charge is 0.497 e. The molecule has 0 amide bonds. The highest BCUT2D eigenvalue weighted by Gasteiger charge is 2.03. The van der Waals surface area contributed by atoms with Crippen LogP contribution in [0.2, 0.25) is 0 Å². The summed E-state index contributed by atoms with van der Waals surface area (Å²) in [4.78, 5) is 0. The summed E-state index contributed by atoms with van der Waals surface area (Å²) in [5, 5.41) is 0. The summed E-state index contributed by atoms with van der Waals surface area (Å²) in [5.74, 6) is 1.42. The number of halogens is 1. The minimum Gasteiger partial charge on any atom is -0.497 e. The van der Waals surface area contributed by atoms with Gasteiger partial charge in [-0.25, -0.2) is 0 Å². The standard InChI is InChI=1S/C15H15ClO/c1-11-3-4-12(10-16)9-15(11)13-5-7-14(17-2)8-6-13/h3-9H,10H2,1-2H3. The van der Waals surface area contributed by atoms with Gasteiger partial charge in [0.15, 0.2) is 0 Å². The molecule has 17 heavy (non-hydrogen) atoms. The summed E-state index contributed by atoms with van der Waals surface area (Å²) in [6, 6.07) is 14.4. The molecular formula is C15H15ClO. The number of alkyl halides is 1. The molecule has 0 unspecified atom stereocenters. The summed E-state index contributed by atoms with van der Waals surface area (Å²) in [6.07, 6.45) is 0. The summed E-state index contributed by atoms with van der Waals surface area (Å²) in [5.41, 5.74) is 4.81. The maximum atomic E-state index is 5.87. The van der Waals surface area contributed by atoms with Crippen LogP contribution in [-0.2, 0) is 5.88 Å². The Morgan fingerprint density at radius 3 is 2.35 bits per heavy atom. The predicted molar refractivity (Wildman–Crippen MR) is 72.7 cm³/mol. The van der Waals surface area contributed by atoms with Crippen molar-refractivity contribution in [2.45, 2.75) is 12.8 Å². The van der Waals surface area contributed by atoms with Crippen molar-refractivity contribution in [1.82, 2.24) is 0 Å². The van der Waals surface area contributed by atoms with Crippen molar-refractivity contribution in [3.05, 3.63) is 53.6 Å². The number of hydrogen-bond acceptors (Lipinski definition) is 1. The third-order valence-electron chi connectivity index (χ3n) is 2.86. The topological polar surface area (TPSA) is 9.23 Å². The average Bonchev–Trinajstić information content (AvgIpc) is 2.39. The van der Waals surface area contributed by atoms with E-state index in [1.807, 2.05) is 12.1 Å². The third kappa shape index (κ3) is 2.62. The lowest BCUT2D eigenvalue weighted by Gasteiger charge is -2.08. The van der Waals surface area contributed by atoms with E-state index in [4.69, 9.17) is 16.3 Å². The monoisotopic (exact) mass is 246 g/mol. The van der Waals surface area contributed by atoms with Gasteiger partial charge in [-0.1, -0.05) is 24.3 Å². The van der Waals surface area contributed by atoms with Crippen LogP contribution in [0.1, 0.15) is 11.1 Å². The van der Waals surface area contributed by atoms with E-state index in [0.29, 0.717) is 5.88 Å². The molecule has 2 heteroatoms. The second kappa shape index (κ2) is 5.24. The number of hydrogen-bond donors (Lipinski definition) is 0. The minimum atomic E-state index is 0.545. The summed E-state index contributed by atoms with van der Waals surface area (Å²) >= 11 is 5.87. The fourth-order valence-corrected chi connectivity index (χ4v) is 2.00. The van der Waals surface area contributed by atoms with Gasteiger partial charge in [-0.05, 0) is 47.4 Å². The zero-order valence-corrected chi connectivity index (χ0v) is 10.8. The summed E-state index contributed by atoms with van der Waals surface area (Å²) in [6.45, 7) is 2.11. The van der Waals surface area contributed by atoms with Crippen molar-refractivity contribution in [2.24, 2.45) is 0 Å². The maximum absolute atomic E-state index is 5.87. The molecule has 0 fully saturated rings. The molecule has 0 aromatic heterocycles. The van der Waals surface area contributed by atoms with Gasteiger partial charge in [-0.15, -0.1) is 11.6 Å². The van der Waals surface area contributed by atoms with Crippen LogP contribution in [0.3, 0.4) is 0 Å². The first-order chi connectivity index (χ1) is 8.24. The quantitative estimate of drug-likeness (QED) is 0.729. The Hall–Kier alpha value is -1.47. The molecule has 2 aromatic carbocycles. The Labute approximate surface area is 107 Å². The lowest BCUT2D eigenvalue weighted by molar-refractivity contribution is 0.415. The van der Waals surface area contributed by atoms with Gasteiger partial charge >= 0.3 is 0 Å². The van der Waals surface area contributed by atoms with Crippen LogP contribution in [0.15, 0.2) is 42.5 Å². The van der Waals surface area contributed by atoms with Gasteiger partial charge in [0.2, 0.25) is 0 Å². The molecule has 0 atom stereocenters. The zero-order chi connectivity index (χ0) is 12.3. The van der Waals surface area contributed by atoms with Crippen molar-refractivity contribution in [2.75, 3.05) is 7.11 Å². The van der Waals surface area contributed by atoms with Crippen molar-refractivity contribution in [1.29, 1.82) is 0 Å². The molecule has 2 aromatic rings. The third-order valence-corrected chi connectivity index (χ3v) is 3.17. The molecule has 1 nitrogen and oxygen atoms in total. The zero-order valence-electron chi connectivity index (χ0n) is 10.0. The van der Waals surface area contributed by atoms with Crippen LogP contribution in [0.4, 0.5) is 0 Å². The Bertz CT molecular complexity index is 503. The lowest BCUT2D eigenvalue weighted by atomic mass is 9.98. The van der Waals surface area contributed by atoms with Gasteiger partial charge in [-0.2, -0.15) is 0 Å². The van der Waals surface area contributed by atoms with Crippen molar-refractivity contribution in [3.63, 3.8) is 0 Å². The molecule has 2 rings (SSSR count). The Kier molecular flexibility index (Phi) is 3.70. The van der Waals surface area contributed by atoms with Crippen molar-refractivity contribution in [3.8, 4) is 16.9 Å². The molecule has 0 bridgehead atoms. The Morgan fingerprint density at radius 2 is 1.76 bits per heavy atom. The fraction of sp³-hybridized carbons (Fsp3) is 0.200. The number of methoxy groups -OCH3 is 1. The Morgan fingerprint density at radius 1 is 1.06 bits per heavy atom. The minimum absolute atomic E-state index is 0.545. The molecule has 0 aliphatic rings. The maximum Gasteiger partial charge on any atom is 0.118 e. The lowest BCUT2D eigenvalue weighted by Crippen LogP contribution is -1.87. The first-order valence-corrected chi connectivity index (χ1v) is 6.08. The van der Waals surface area contributed by atoms with Gasteiger partial charge in [-0.3, -0.25) is 0 Å². The van der Waals surface area contributed by atoms with Crippen molar-refractivity contribution < 1.29 is 4.74 Å². The molecule has 0 N–H and O–H groups in total. The van der Waals surface area contributed by atoms with E-state index < -0.39 is 0 Å². The van der Waals surface area contributed by atoms with Crippen LogP contribution >= 0.6 is 11.6 Å². The van der Waals surface area contributed by atoms with Crippen LogP contribution in [0, 0.1) is 6.92 Å².